The molecule has 3 rings (SSSR count). The van der Waals surface area contributed by atoms with Gasteiger partial charge in [-0.3, -0.25) is 4.79 Å². The van der Waals surface area contributed by atoms with Crippen LogP contribution in [0.25, 0.3) is 16.8 Å². The highest BCUT2D eigenvalue weighted by molar-refractivity contribution is 5.94. The van der Waals surface area contributed by atoms with E-state index in [1.54, 1.807) is 18.2 Å². The molecule has 30 heavy (non-hydrogen) atoms. The van der Waals surface area contributed by atoms with Crippen LogP contribution in [0.3, 0.4) is 0 Å². The van der Waals surface area contributed by atoms with Crippen molar-refractivity contribution in [2.45, 2.75) is 32.5 Å². The van der Waals surface area contributed by atoms with Gasteiger partial charge >= 0.3 is 6.18 Å². The Labute approximate surface area is 170 Å². The monoisotopic (exact) mass is 416 g/mol. The summed E-state index contributed by atoms with van der Waals surface area (Å²) < 4.78 is 44.4. The molecule has 0 aliphatic heterocycles. The molecular weight excluding hydrogens is 397 g/mol. The molecule has 0 saturated heterocycles. The van der Waals surface area contributed by atoms with Gasteiger partial charge in [0.2, 0.25) is 0 Å². The molecule has 0 bridgehead atoms. The number of carbonyl (C=O) groups excluding carboxylic acids is 1. The fourth-order valence-electron chi connectivity index (χ4n) is 2.85. The number of aromatic nitrogens is 2. The number of carbonyl (C=O) groups is 1. The summed E-state index contributed by atoms with van der Waals surface area (Å²) in [5, 5.41) is 12.2. The van der Waals surface area contributed by atoms with Crippen LogP contribution in [0.5, 0.6) is 5.75 Å². The number of rotatable bonds is 4. The molecule has 0 aliphatic carbocycles. The molecule has 156 valence electrons. The van der Waals surface area contributed by atoms with Crippen LogP contribution in [0.2, 0.25) is 0 Å². The van der Waals surface area contributed by atoms with Gasteiger partial charge in [0, 0.05) is 29.1 Å². The first-order valence-corrected chi connectivity index (χ1v) is 9.01. The fourth-order valence-corrected chi connectivity index (χ4v) is 2.85. The number of amides is 1. The number of ether oxygens (including phenoxy) is 1. The lowest BCUT2D eigenvalue weighted by atomic mass is 10.0. The Morgan fingerprint density at radius 3 is 2.53 bits per heavy atom. The topological polar surface area (TPSA) is 79.4 Å². The summed E-state index contributed by atoms with van der Waals surface area (Å²) >= 11 is 0. The van der Waals surface area contributed by atoms with Crippen LogP contribution in [0.1, 0.15) is 36.8 Å². The Bertz CT molecular complexity index is 1140. The second-order valence-corrected chi connectivity index (χ2v) is 7.72. The molecule has 3 aromatic rings. The largest absolute Gasteiger partial charge is 0.483 e. The lowest BCUT2D eigenvalue weighted by Gasteiger charge is -2.19. The molecule has 1 aromatic carbocycles. The molecular formula is C21H19F3N4O2. The van der Waals surface area contributed by atoms with E-state index in [0.717, 1.165) is 0 Å². The van der Waals surface area contributed by atoms with Crippen molar-refractivity contribution in [2.75, 3.05) is 6.61 Å². The SMILES string of the molecule is CC(C)(C)NC(=O)c1cn2cc(C#N)cc(-c3ccccc3OCC(F)(F)F)c2n1. The minimum absolute atomic E-state index is 0.00416. The minimum Gasteiger partial charge on any atom is -0.483 e. The number of halogens is 3. The van der Waals surface area contributed by atoms with E-state index in [4.69, 9.17) is 4.74 Å². The van der Waals surface area contributed by atoms with Crippen molar-refractivity contribution in [2.24, 2.45) is 0 Å². The number of nitriles is 1. The summed E-state index contributed by atoms with van der Waals surface area (Å²) in [5.74, 6) is -0.409. The predicted molar refractivity (Wildman–Crippen MR) is 104 cm³/mol. The first-order chi connectivity index (χ1) is 14.0. The Balaban J connectivity index is 2.13. The zero-order chi connectivity index (χ0) is 22.1. The Hall–Kier alpha value is -3.54. The number of fused-ring (bicyclic) bond motifs is 1. The molecule has 0 unspecified atom stereocenters. The van der Waals surface area contributed by atoms with E-state index in [1.165, 1.54) is 28.9 Å². The molecule has 0 fully saturated rings. The van der Waals surface area contributed by atoms with Gasteiger partial charge in [-0.25, -0.2) is 4.98 Å². The molecule has 2 heterocycles. The fraction of sp³-hybridized carbons (Fsp3) is 0.286. The highest BCUT2D eigenvalue weighted by Gasteiger charge is 2.29. The molecule has 1 amide bonds. The molecule has 0 saturated carbocycles. The first-order valence-electron chi connectivity index (χ1n) is 9.01. The van der Waals surface area contributed by atoms with Gasteiger partial charge in [-0.05, 0) is 32.9 Å². The lowest BCUT2D eigenvalue weighted by Crippen LogP contribution is -2.40. The average molecular weight is 416 g/mol. The van der Waals surface area contributed by atoms with Crippen LogP contribution in [0, 0.1) is 11.3 Å². The maximum Gasteiger partial charge on any atom is 0.422 e. The van der Waals surface area contributed by atoms with Crippen LogP contribution in [-0.2, 0) is 0 Å². The number of para-hydroxylation sites is 1. The molecule has 0 aliphatic rings. The van der Waals surface area contributed by atoms with Crippen molar-refractivity contribution >= 4 is 11.6 Å². The number of nitrogens with zero attached hydrogens (tertiary/aromatic N) is 3. The second-order valence-electron chi connectivity index (χ2n) is 7.72. The number of nitrogens with one attached hydrogen (secondary N) is 1. The van der Waals surface area contributed by atoms with Crippen molar-refractivity contribution in [3.63, 3.8) is 0 Å². The number of imidazole rings is 1. The van der Waals surface area contributed by atoms with Crippen molar-refractivity contribution < 1.29 is 22.7 Å². The van der Waals surface area contributed by atoms with Gasteiger partial charge in [0.1, 0.15) is 23.2 Å². The Morgan fingerprint density at radius 1 is 1.20 bits per heavy atom. The van der Waals surface area contributed by atoms with E-state index in [0.29, 0.717) is 16.8 Å². The van der Waals surface area contributed by atoms with Gasteiger partial charge in [0.15, 0.2) is 6.61 Å². The van der Waals surface area contributed by atoms with Crippen LogP contribution in [0.15, 0.2) is 42.7 Å². The van der Waals surface area contributed by atoms with Crippen molar-refractivity contribution in [3.05, 3.63) is 54.0 Å². The van der Waals surface area contributed by atoms with Crippen LogP contribution in [0.4, 0.5) is 13.2 Å². The summed E-state index contributed by atoms with van der Waals surface area (Å²) in [5.41, 5.74) is 0.916. The number of benzene rings is 1. The van der Waals surface area contributed by atoms with Gasteiger partial charge in [-0.2, -0.15) is 18.4 Å². The Morgan fingerprint density at radius 2 is 1.90 bits per heavy atom. The van der Waals surface area contributed by atoms with Gasteiger partial charge in [-0.1, -0.05) is 18.2 Å². The first kappa shape index (κ1) is 21.2. The highest BCUT2D eigenvalue weighted by atomic mass is 19.4. The zero-order valence-corrected chi connectivity index (χ0v) is 16.5. The van der Waals surface area contributed by atoms with E-state index in [1.807, 2.05) is 26.8 Å². The number of hydrogen-bond donors (Lipinski definition) is 1. The third-order valence-electron chi connectivity index (χ3n) is 3.97. The van der Waals surface area contributed by atoms with E-state index < -0.39 is 24.2 Å². The lowest BCUT2D eigenvalue weighted by molar-refractivity contribution is -0.153. The van der Waals surface area contributed by atoms with E-state index in [-0.39, 0.29) is 17.0 Å². The average Bonchev–Trinajstić information content (AvgIpc) is 3.08. The molecule has 0 atom stereocenters. The number of pyridine rings is 1. The van der Waals surface area contributed by atoms with Crippen molar-refractivity contribution in [3.8, 4) is 22.9 Å². The van der Waals surface area contributed by atoms with Gasteiger partial charge in [0.05, 0.1) is 5.56 Å². The molecule has 0 radical (unpaired) electrons. The molecule has 1 N–H and O–H groups in total. The normalized spacial score (nSPS) is 11.9. The highest BCUT2D eigenvalue weighted by Crippen LogP contribution is 2.34. The molecule has 6 nitrogen and oxygen atoms in total. The smallest absolute Gasteiger partial charge is 0.422 e. The maximum absolute atomic E-state index is 12.6. The van der Waals surface area contributed by atoms with Crippen LogP contribution < -0.4 is 10.1 Å². The van der Waals surface area contributed by atoms with Crippen molar-refractivity contribution in [1.29, 1.82) is 5.26 Å². The third-order valence-corrected chi connectivity index (χ3v) is 3.97. The quantitative estimate of drug-likeness (QED) is 0.686. The standard InChI is InChI=1S/C21H19F3N4O2/c1-20(2,3)27-19(29)16-11-28-10-13(9-25)8-15(18(28)26-16)14-6-4-5-7-17(14)30-12-21(22,23)24/h4-8,10-11H,12H2,1-3H3,(H,27,29). The summed E-state index contributed by atoms with van der Waals surface area (Å²) in [6.45, 7) is 4.03. The van der Waals surface area contributed by atoms with Crippen molar-refractivity contribution in [1.82, 2.24) is 14.7 Å². The van der Waals surface area contributed by atoms with E-state index in [9.17, 15) is 23.2 Å². The predicted octanol–water partition coefficient (Wildman–Crippen LogP) is 4.34. The second kappa shape index (κ2) is 7.71. The number of hydrogen-bond acceptors (Lipinski definition) is 4. The minimum atomic E-state index is -4.50. The van der Waals surface area contributed by atoms with E-state index in [2.05, 4.69) is 10.3 Å². The van der Waals surface area contributed by atoms with Gasteiger partial charge < -0.3 is 14.5 Å². The Kier molecular flexibility index (Phi) is 5.44. The zero-order valence-electron chi connectivity index (χ0n) is 16.5. The van der Waals surface area contributed by atoms with E-state index >= 15 is 0 Å². The summed E-state index contributed by atoms with van der Waals surface area (Å²) in [7, 11) is 0. The van der Waals surface area contributed by atoms with Crippen LogP contribution in [-0.4, -0.2) is 33.6 Å². The summed E-state index contributed by atoms with van der Waals surface area (Å²) in [6, 6.07) is 9.69. The van der Waals surface area contributed by atoms with Gasteiger partial charge in [0.25, 0.3) is 5.91 Å². The molecule has 2 aromatic heterocycles. The van der Waals surface area contributed by atoms with Gasteiger partial charge in [-0.15, -0.1) is 0 Å². The summed E-state index contributed by atoms with van der Waals surface area (Å²) in [6.07, 6.45) is -1.53. The number of alkyl halides is 3. The molecule has 0 spiro atoms. The molecule has 9 heteroatoms. The third kappa shape index (κ3) is 4.89. The van der Waals surface area contributed by atoms with Crippen LogP contribution >= 0.6 is 0 Å². The maximum atomic E-state index is 12.6. The summed E-state index contributed by atoms with van der Waals surface area (Å²) in [4.78, 5) is 16.9.